The minimum atomic E-state index is -0.591. The SMILES string of the molecule is Cc1c(CNC(=O)c2nn(C)c(C)c2[N+](=O)[O-])cnn1C. The van der Waals surface area contributed by atoms with Gasteiger partial charge in [0.05, 0.1) is 11.1 Å². The van der Waals surface area contributed by atoms with E-state index < -0.39 is 10.8 Å². The molecule has 2 aromatic rings. The van der Waals surface area contributed by atoms with E-state index in [1.54, 1.807) is 31.9 Å². The molecule has 0 bridgehead atoms. The lowest BCUT2D eigenvalue weighted by molar-refractivity contribution is -0.385. The molecule has 2 rings (SSSR count). The fourth-order valence-corrected chi connectivity index (χ4v) is 1.95. The summed E-state index contributed by atoms with van der Waals surface area (Å²) in [7, 11) is 3.36. The van der Waals surface area contributed by atoms with Gasteiger partial charge in [-0.2, -0.15) is 10.2 Å². The Bertz CT molecular complexity index is 715. The van der Waals surface area contributed by atoms with E-state index in [-0.39, 0.29) is 17.9 Å². The predicted octanol–water partition coefficient (Wildman–Crippen LogP) is 0.609. The summed E-state index contributed by atoms with van der Waals surface area (Å²) in [6, 6.07) is 0. The summed E-state index contributed by atoms with van der Waals surface area (Å²) in [6.45, 7) is 3.67. The lowest BCUT2D eigenvalue weighted by Crippen LogP contribution is -2.24. The summed E-state index contributed by atoms with van der Waals surface area (Å²) in [5, 5.41) is 21.7. The van der Waals surface area contributed by atoms with Gasteiger partial charge in [-0.1, -0.05) is 0 Å². The molecule has 1 N–H and O–H groups in total. The Kier molecular flexibility index (Phi) is 3.74. The topological polar surface area (TPSA) is 108 Å². The van der Waals surface area contributed by atoms with Gasteiger partial charge in [0, 0.05) is 31.9 Å². The standard InChI is InChI=1S/C12H16N6O3/c1-7-9(6-14-16(7)3)5-13-12(19)10-11(18(20)21)8(2)17(4)15-10/h6H,5H2,1-4H3,(H,13,19). The number of hydrogen-bond acceptors (Lipinski definition) is 5. The average molecular weight is 292 g/mol. The number of amides is 1. The minimum absolute atomic E-state index is 0.179. The first-order valence-electron chi connectivity index (χ1n) is 6.26. The Morgan fingerprint density at radius 1 is 1.33 bits per heavy atom. The van der Waals surface area contributed by atoms with Crippen LogP contribution in [0.3, 0.4) is 0 Å². The van der Waals surface area contributed by atoms with Crippen molar-refractivity contribution in [2.75, 3.05) is 0 Å². The third-order valence-corrected chi connectivity index (χ3v) is 3.48. The average Bonchev–Trinajstić information content (AvgIpc) is 2.90. The van der Waals surface area contributed by atoms with Crippen LogP contribution in [-0.4, -0.2) is 30.4 Å². The number of aromatic nitrogens is 4. The van der Waals surface area contributed by atoms with Crippen molar-refractivity contribution in [2.45, 2.75) is 20.4 Å². The molecule has 0 saturated carbocycles. The molecule has 9 nitrogen and oxygen atoms in total. The van der Waals surface area contributed by atoms with E-state index in [1.807, 2.05) is 6.92 Å². The van der Waals surface area contributed by atoms with Crippen molar-refractivity contribution in [1.29, 1.82) is 0 Å². The summed E-state index contributed by atoms with van der Waals surface area (Å²) in [6.07, 6.45) is 1.65. The van der Waals surface area contributed by atoms with Gasteiger partial charge in [-0.05, 0) is 13.8 Å². The van der Waals surface area contributed by atoms with Gasteiger partial charge < -0.3 is 5.32 Å². The first kappa shape index (κ1) is 14.7. The van der Waals surface area contributed by atoms with E-state index in [9.17, 15) is 14.9 Å². The normalized spacial score (nSPS) is 10.7. The highest BCUT2D eigenvalue weighted by molar-refractivity contribution is 5.96. The minimum Gasteiger partial charge on any atom is -0.346 e. The van der Waals surface area contributed by atoms with E-state index >= 15 is 0 Å². The van der Waals surface area contributed by atoms with Crippen LogP contribution in [0, 0.1) is 24.0 Å². The molecule has 0 fully saturated rings. The predicted molar refractivity (Wildman–Crippen MR) is 73.7 cm³/mol. The molecule has 0 aliphatic heterocycles. The third kappa shape index (κ3) is 2.62. The molecule has 1 amide bonds. The molecule has 0 aliphatic rings. The Labute approximate surface area is 120 Å². The van der Waals surface area contributed by atoms with Crippen LogP contribution in [0.25, 0.3) is 0 Å². The van der Waals surface area contributed by atoms with Gasteiger partial charge in [-0.25, -0.2) is 0 Å². The third-order valence-electron chi connectivity index (χ3n) is 3.48. The maximum atomic E-state index is 12.1. The molecular weight excluding hydrogens is 276 g/mol. The smallest absolute Gasteiger partial charge is 0.322 e. The van der Waals surface area contributed by atoms with Crippen molar-refractivity contribution in [3.8, 4) is 0 Å². The number of rotatable bonds is 4. The van der Waals surface area contributed by atoms with Crippen molar-refractivity contribution in [2.24, 2.45) is 14.1 Å². The molecule has 0 unspecified atom stereocenters. The molecule has 0 spiro atoms. The quantitative estimate of drug-likeness (QED) is 0.656. The largest absolute Gasteiger partial charge is 0.346 e. The number of hydrogen-bond donors (Lipinski definition) is 1. The highest BCUT2D eigenvalue weighted by Gasteiger charge is 2.28. The monoisotopic (exact) mass is 292 g/mol. The Morgan fingerprint density at radius 3 is 2.52 bits per heavy atom. The zero-order valence-electron chi connectivity index (χ0n) is 12.2. The van der Waals surface area contributed by atoms with Crippen molar-refractivity contribution in [1.82, 2.24) is 24.9 Å². The highest BCUT2D eigenvalue weighted by Crippen LogP contribution is 2.22. The molecule has 0 aliphatic carbocycles. The van der Waals surface area contributed by atoms with Gasteiger partial charge in [0.15, 0.2) is 0 Å². The van der Waals surface area contributed by atoms with Gasteiger partial charge in [0.25, 0.3) is 5.91 Å². The summed E-state index contributed by atoms with van der Waals surface area (Å²) in [4.78, 5) is 22.6. The number of aryl methyl sites for hydroxylation is 2. The highest BCUT2D eigenvalue weighted by atomic mass is 16.6. The lowest BCUT2D eigenvalue weighted by atomic mass is 10.2. The number of nitro groups is 1. The van der Waals surface area contributed by atoms with Crippen molar-refractivity contribution in [3.05, 3.63) is 39.0 Å². The maximum absolute atomic E-state index is 12.1. The summed E-state index contributed by atoms with van der Waals surface area (Å²) < 4.78 is 3.01. The maximum Gasteiger partial charge on any atom is 0.322 e. The zero-order chi connectivity index (χ0) is 15.7. The fourth-order valence-electron chi connectivity index (χ4n) is 1.95. The van der Waals surface area contributed by atoms with Gasteiger partial charge in [-0.3, -0.25) is 24.3 Å². The molecule has 0 atom stereocenters. The van der Waals surface area contributed by atoms with E-state index in [4.69, 9.17) is 0 Å². The van der Waals surface area contributed by atoms with Crippen LogP contribution in [0.5, 0.6) is 0 Å². The van der Waals surface area contributed by atoms with Crippen LogP contribution >= 0.6 is 0 Å². The van der Waals surface area contributed by atoms with Gasteiger partial charge in [0.1, 0.15) is 5.69 Å². The summed E-state index contributed by atoms with van der Waals surface area (Å²) in [5.41, 5.74) is 1.66. The van der Waals surface area contributed by atoms with Crippen LogP contribution in [0.4, 0.5) is 5.69 Å². The fraction of sp³-hybridized carbons (Fsp3) is 0.417. The van der Waals surface area contributed by atoms with E-state index in [0.717, 1.165) is 11.3 Å². The first-order valence-corrected chi connectivity index (χ1v) is 6.26. The molecule has 2 heterocycles. The number of nitrogens with one attached hydrogen (secondary N) is 1. The van der Waals surface area contributed by atoms with Crippen LogP contribution in [0.1, 0.15) is 27.4 Å². The Hall–Kier alpha value is -2.71. The molecule has 9 heteroatoms. The lowest BCUT2D eigenvalue weighted by Gasteiger charge is -2.03. The Morgan fingerprint density at radius 2 is 2.00 bits per heavy atom. The van der Waals surface area contributed by atoms with E-state index in [2.05, 4.69) is 15.5 Å². The van der Waals surface area contributed by atoms with Crippen LogP contribution in [0.15, 0.2) is 6.20 Å². The second-order valence-corrected chi connectivity index (χ2v) is 4.72. The first-order chi connectivity index (χ1) is 9.82. The second kappa shape index (κ2) is 5.35. The molecule has 0 aromatic carbocycles. The number of carbonyl (C=O) groups excluding carboxylic acids is 1. The van der Waals surface area contributed by atoms with Crippen LogP contribution < -0.4 is 5.32 Å². The molecule has 0 saturated heterocycles. The Balaban J connectivity index is 2.20. The molecule has 2 aromatic heterocycles. The molecular formula is C12H16N6O3. The van der Waals surface area contributed by atoms with Crippen molar-refractivity contribution >= 4 is 11.6 Å². The van der Waals surface area contributed by atoms with Crippen LogP contribution in [0.2, 0.25) is 0 Å². The molecule has 21 heavy (non-hydrogen) atoms. The van der Waals surface area contributed by atoms with Gasteiger partial charge in [-0.15, -0.1) is 0 Å². The van der Waals surface area contributed by atoms with E-state index in [0.29, 0.717) is 5.69 Å². The van der Waals surface area contributed by atoms with E-state index in [1.165, 1.54) is 4.68 Å². The summed E-state index contributed by atoms with van der Waals surface area (Å²) >= 11 is 0. The number of nitrogens with zero attached hydrogens (tertiary/aromatic N) is 5. The number of carbonyl (C=O) groups is 1. The van der Waals surface area contributed by atoms with Crippen LogP contribution in [-0.2, 0) is 20.6 Å². The second-order valence-electron chi connectivity index (χ2n) is 4.72. The molecule has 0 radical (unpaired) electrons. The zero-order valence-corrected chi connectivity index (χ0v) is 12.2. The molecule has 112 valence electrons. The van der Waals surface area contributed by atoms with Gasteiger partial charge in [0.2, 0.25) is 5.69 Å². The van der Waals surface area contributed by atoms with Gasteiger partial charge >= 0.3 is 5.69 Å². The summed E-state index contributed by atoms with van der Waals surface area (Å²) in [5.74, 6) is -0.575. The van der Waals surface area contributed by atoms with Crippen molar-refractivity contribution in [3.63, 3.8) is 0 Å². The van der Waals surface area contributed by atoms with Crippen molar-refractivity contribution < 1.29 is 9.72 Å².